The molecule has 1 amide bonds. The van der Waals surface area contributed by atoms with Crippen LogP contribution in [-0.2, 0) is 6.42 Å². The second-order valence-corrected chi connectivity index (χ2v) is 4.26. The number of hydrogen-bond acceptors (Lipinski definition) is 3. The Morgan fingerprint density at radius 1 is 1.50 bits per heavy atom. The molecule has 3 rings (SSSR count). The largest absolute Gasteiger partial charge is 0.344 e. The Bertz CT molecular complexity index is 582. The second kappa shape index (κ2) is 4.21. The van der Waals surface area contributed by atoms with E-state index < -0.39 is 0 Å². The molecule has 1 aromatic carbocycles. The molecule has 0 aliphatic heterocycles. The molecule has 0 radical (unpaired) electrons. The molecule has 0 fully saturated rings. The van der Waals surface area contributed by atoms with E-state index in [1.807, 2.05) is 0 Å². The van der Waals surface area contributed by atoms with Gasteiger partial charge in [-0.15, -0.1) is 0 Å². The molecule has 1 aromatic heterocycles. The van der Waals surface area contributed by atoms with E-state index in [2.05, 4.69) is 20.7 Å². The average Bonchev–Trinajstić information content (AvgIpc) is 2.99. The molecule has 5 nitrogen and oxygen atoms in total. The molecule has 6 heteroatoms. The van der Waals surface area contributed by atoms with Crippen LogP contribution in [0.5, 0.6) is 0 Å². The summed E-state index contributed by atoms with van der Waals surface area (Å²) < 4.78 is 13.2. The molecule has 0 spiro atoms. The number of fused-ring (bicyclic) bond motifs is 1. The summed E-state index contributed by atoms with van der Waals surface area (Å²) >= 11 is 0. The van der Waals surface area contributed by atoms with Gasteiger partial charge in [0.15, 0.2) is 5.69 Å². The van der Waals surface area contributed by atoms with Crippen LogP contribution in [0.1, 0.15) is 34.1 Å². The maximum Gasteiger partial charge on any atom is 0.273 e. The lowest BCUT2D eigenvalue weighted by Gasteiger charge is -2.12. The van der Waals surface area contributed by atoms with Crippen LogP contribution in [0.3, 0.4) is 0 Å². The number of rotatable bonds is 2. The number of hydrogen-bond donors (Lipinski definition) is 2. The lowest BCUT2D eigenvalue weighted by Crippen LogP contribution is -2.27. The minimum absolute atomic E-state index is 0.153. The number of aryl methyl sites for hydroxylation is 1. The Morgan fingerprint density at radius 2 is 2.39 bits per heavy atom. The second-order valence-electron chi connectivity index (χ2n) is 4.26. The minimum atomic E-state index is -0.300. The monoisotopic (exact) mass is 246 g/mol. The van der Waals surface area contributed by atoms with Crippen molar-refractivity contribution in [3.05, 3.63) is 47.0 Å². The van der Waals surface area contributed by atoms with E-state index in [0.29, 0.717) is 0 Å². The highest BCUT2D eigenvalue weighted by atomic mass is 19.1. The van der Waals surface area contributed by atoms with E-state index in [0.717, 1.165) is 24.0 Å². The number of carbonyl (C=O) groups is 1. The summed E-state index contributed by atoms with van der Waals surface area (Å²) in [5.74, 6) is -0.581. The predicted octanol–water partition coefficient (Wildman–Crippen LogP) is 1.36. The van der Waals surface area contributed by atoms with Gasteiger partial charge in [-0.3, -0.25) is 4.79 Å². The summed E-state index contributed by atoms with van der Waals surface area (Å²) in [5, 5.41) is 12.5. The topological polar surface area (TPSA) is 70.7 Å². The number of H-pyrrole nitrogens is 1. The van der Waals surface area contributed by atoms with E-state index in [9.17, 15) is 9.18 Å². The van der Waals surface area contributed by atoms with Crippen LogP contribution in [0, 0.1) is 5.82 Å². The first kappa shape index (κ1) is 10.9. The third-order valence-corrected chi connectivity index (χ3v) is 3.14. The fourth-order valence-corrected chi connectivity index (χ4v) is 2.27. The van der Waals surface area contributed by atoms with Gasteiger partial charge in [-0.05, 0) is 36.1 Å². The quantitative estimate of drug-likeness (QED) is 0.840. The first-order valence-corrected chi connectivity index (χ1v) is 5.69. The van der Waals surface area contributed by atoms with Crippen molar-refractivity contribution in [3.63, 3.8) is 0 Å². The average molecular weight is 246 g/mol. The van der Waals surface area contributed by atoms with Gasteiger partial charge in [0.25, 0.3) is 5.91 Å². The van der Waals surface area contributed by atoms with Crippen LogP contribution in [0.2, 0.25) is 0 Å². The zero-order chi connectivity index (χ0) is 12.5. The Morgan fingerprint density at radius 3 is 3.17 bits per heavy atom. The number of benzene rings is 1. The van der Waals surface area contributed by atoms with Gasteiger partial charge in [-0.25, -0.2) is 4.39 Å². The zero-order valence-electron chi connectivity index (χ0n) is 9.48. The zero-order valence-corrected chi connectivity index (χ0v) is 9.48. The maximum atomic E-state index is 13.2. The van der Waals surface area contributed by atoms with Crippen LogP contribution < -0.4 is 5.32 Å². The lowest BCUT2D eigenvalue weighted by atomic mass is 10.1. The molecule has 1 aliphatic rings. The first-order valence-electron chi connectivity index (χ1n) is 5.69. The first-order chi connectivity index (χ1) is 8.74. The van der Waals surface area contributed by atoms with Crippen LogP contribution in [-0.4, -0.2) is 21.3 Å². The fraction of sp³-hybridized carbons (Fsp3) is 0.250. The molecule has 0 saturated heterocycles. The Hall–Kier alpha value is -2.24. The molecule has 18 heavy (non-hydrogen) atoms. The molecule has 1 unspecified atom stereocenters. The number of halogens is 1. The number of aromatic nitrogens is 3. The van der Waals surface area contributed by atoms with Crippen molar-refractivity contribution in [1.29, 1.82) is 0 Å². The van der Waals surface area contributed by atoms with Crippen LogP contribution >= 0.6 is 0 Å². The van der Waals surface area contributed by atoms with Gasteiger partial charge in [0, 0.05) is 0 Å². The molecule has 2 N–H and O–H groups in total. The van der Waals surface area contributed by atoms with Gasteiger partial charge < -0.3 is 5.32 Å². The van der Waals surface area contributed by atoms with E-state index >= 15 is 0 Å². The number of nitrogens with zero attached hydrogens (tertiary/aromatic N) is 2. The Balaban J connectivity index is 1.81. The molecule has 0 saturated carbocycles. The normalized spacial score (nSPS) is 17.5. The van der Waals surface area contributed by atoms with Crippen molar-refractivity contribution < 1.29 is 9.18 Å². The van der Waals surface area contributed by atoms with E-state index in [1.165, 1.54) is 18.3 Å². The van der Waals surface area contributed by atoms with Crippen molar-refractivity contribution in [2.24, 2.45) is 0 Å². The molecular weight excluding hydrogens is 235 g/mol. The van der Waals surface area contributed by atoms with Gasteiger partial charge in [0.1, 0.15) is 5.82 Å². The molecule has 0 bridgehead atoms. The number of amides is 1. The number of aromatic amines is 1. The molecule has 1 heterocycles. The SMILES string of the molecule is O=C(NC1CCc2ccc(F)cc21)c1cn[nH]n1. The maximum absolute atomic E-state index is 13.2. The standard InChI is InChI=1S/C12H11FN4O/c13-8-3-1-7-2-4-10(9(7)5-8)15-12(18)11-6-14-17-16-11/h1,3,5-6,10H,2,4H2,(H,15,18)(H,14,16,17). The minimum Gasteiger partial charge on any atom is -0.344 e. The molecular formula is C12H11FN4O. The molecule has 2 aromatic rings. The summed E-state index contributed by atoms with van der Waals surface area (Å²) in [7, 11) is 0. The number of nitrogens with one attached hydrogen (secondary N) is 2. The molecule has 92 valence electrons. The highest BCUT2D eigenvalue weighted by molar-refractivity contribution is 5.92. The third-order valence-electron chi connectivity index (χ3n) is 3.14. The highest BCUT2D eigenvalue weighted by Crippen LogP contribution is 2.31. The Labute approximate surface area is 102 Å². The van der Waals surface area contributed by atoms with Gasteiger partial charge in [-0.1, -0.05) is 6.07 Å². The van der Waals surface area contributed by atoms with Crippen molar-refractivity contribution >= 4 is 5.91 Å². The predicted molar refractivity (Wildman–Crippen MR) is 61.3 cm³/mol. The number of carbonyl (C=O) groups excluding carboxylic acids is 1. The third kappa shape index (κ3) is 1.85. The summed E-state index contributed by atoms with van der Waals surface area (Å²) in [5.41, 5.74) is 2.17. The summed E-state index contributed by atoms with van der Waals surface area (Å²) in [4.78, 5) is 11.8. The van der Waals surface area contributed by atoms with Crippen molar-refractivity contribution in [1.82, 2.24) is 20.7 Å². The smallest absolute Gasteiger partial charge is 0.273 e. The van der Waals surface area contributed by atoms with Gasteiger partial charge in [-0.2, -0.15) is 15.4 Å². The van der Waals surface area contributed by atoms with E-state index in [1.54, 1.807) is 6.07 Å². The summed E-state index contributed by atoms with van der Waals surface area (Å²) in [6, 6.07) is 4.55. The van der Waals surface area contributed by atoms with E-state index in [4.69, 9.17) is 0 Å². The fourth-order valence-electron chi connectivity index (χ4n) is 2.27. The van der Waals surface area contributed by atoms with Crippen LogP contribution in [0.4, 0.5) is 4.39 Å². The van der Waals surface area contributed by atoms with Gasteiger partial charge >= 0.3 is 0 Å². The van der Waals surface area contributed by atoms with Crippen molar-refractivity contribution in [3.8, 4) is 0 Å². The molecule has 1 atom stereocenters. The van der Waals surface area contributed by atoms with Gasteiger partial charge in [0.2, 0.25) is 0 Å². The van der Waals surface area contributed by atoms with Crippen LogP contribution in [0.25, 0.3) is 0 Å². The van der Waals surface area contributed by atoms with Crippen LogP contribution in [0.15, 0.2) is 24.4 Å². The summed E-state index contributed by atoms with van der Waals surface area (Å²) in [6.07, 6.45) is 2.98. The van der Waals surface area contributed by atoms with E-state index in [-0.39, 0.29) is 23.5 Å². The van der Waals surface area contributed by atoms with Crippen molar-refractivity contribution in [2.75, 3.05) is 0 Å². The lowest BCUT2D eigenvalue weighted by molar-refractivity contribution is 0.0931. The summed E-state index contributed by atoms with van der Waals surface area (Å²) in [6.45, 7) is 0. The molecule has 1 aliphatic carbocycles. The van der Waals surface area contributed by atoms with Gasteiger partial charge in [0.05, 0.1) is 12.2 Å². The van der Waals surface area contributed by atoms with Crippen molar-refractivity contribution in [2.45, 2.75) is 18.9 Å². The highest BCUT2D eigenvalue weighted by Gasteiger charge is 2.25. The Kier molecular flexibility index (Phi) is 2.55.